The lowest BCUT2D eigenvalue weighted by molar-refractivity contribution is -0.120. The van der Waals surface area contributed by atoms with Crippen molar-refractivity contribution >= 4 is 34.1 Å². The first-order valence-electron chi connectivity index (χ1n) is 9.85. The third-order valence-corrected chi connectivity index (χ3v) is 6.06. The average molecular weight is 438 g/mol. The van der Waals surface area contributed by atoms with E-state index in [9.17, 15) is 14.4 Å². The van der Waals surface area contributed by atoms with E-state index in [0.717, 1.165) is 15.7 Å². The maximum atomic E-state index is 13.2. The Bertz CT molecular complexity index is 1360. The van der Waals surface area contributed by atoms with E-state index in [4.69, 9.17) is 0 Å². The number of aromatic nitrogens is 4. The van der Waals surface area contributed by atoms with Crippen LogP contribution in [0.4, 0.5) is 5.69 Å². The summed E-state index contributed by atoms with van der Waals surface area (Å²) in [6.07, 6.45) is 1.45. The molecule has 4 rings (SSSR count). The molecule has 0 radical (unpaired) electrons. The van der Waals surface area contributed by atoms with E-state index in [1.807, 2.05) is 49.6 Å². The van der Waals surface area contributed by atoms with Crippen molar-refractivity contribution in [2.24, 2.45) is 20.0 Å². The van der Waals surface area contributed by atoms with Crippen LogP contribution in [0.15, 0.2) is 57.0 Å². The number of imidazole rings is 1. The number of nitrogens with one attached hydrogen (secondary N) is 1. The molecule has 9 heteroatoms. The van der Waals surface area contributed by atoms with Gasteiger partial charge in [-0.3, -0.25) is 18.7 Å². The molecule has 160 valence electrons. The molecule has 31 heavy (non-hydrogen) atoms. The number of anilines is 1. The lowest BCUT2D eigenvalue weighted by Crippen LogP contribution is -2.39. The predicted octanol–water partition coefficient (Wildman–Crippen LogP) is 3.00. The van der Waals surface area contributed by atoms with Gasteiger partial charge in [-0.25, -0.2) is 9.78 Å². The van der Waals surface area contributed by atoms with Crippen molar-refractivity contribution < 1.29 is 4.79 Å². The molecule has 0 fully saturated rings. The molecule has 1 atom stereocenters. The number of thiophene rings is 1. The molecule has 0 aliphatic carbocycles. The molecular weight excluding hydrogens is 414 g/mol. The molecule has 4 aromatic rings. The van der Waals surface area contributed by atoms with Crippen LogP contribution in [0.25, 0.3) is 22.3 Å². The Morgan fingerprint density at radius 2 is 1.74 bits per heavy atom. The van der Waals surface area contributed by atoms with Gasteiger partial charge in [0.25, 0.3) is 5.56 Å². The summed E-state index contributed by atoms with van der Waals surface area (Å²) in [5, 5.41) is 7.04. The van der Waals surface area contributed by atoms with Gasteiger partial charge in [-0.15, -0.1) is 0 Å². The fourth-order valence-electron chi connectivity index (χ4n) is 3.72. The summed E-state index contributed by atoms with van der Waals surface area (Å²) in [7, 11) is 2.97. The van der Waals surface area contributed by atoms with Gasteiger partial charge in [-0.2, -0.15) is 11.3 Å². The number of nitrogens with zero attached hydrogens (tertiary/aromatic N) is 4. The van der Waals surface area contributed by atoms with Gasteiger partial charge in [0.15, 0.2) is 11.2 Å². The smallest absolute Gasteiger partial charge is 0.324 e. The highest BCUT2D eigenvalue weighted by Crippen LogP contribution is 2.26. The zero-order valence-electron chi connectivity index (χ0n) is 17.7. The second-order valence-electron chi connectivity index (χ2n) is 7.80. The van der Waals surface area contributed by atoms with Crippen LogP contribution in [0.2, 0.25) is 0 Å². The van der Waals surface area contributed by atoms with Gasteiger partial charge in [0.05, 0.1) is 6.33 Å². The lowest BCUT2D eigenvalue weighted by atomic mass is 10.0. The van der Waals surface area contributed by atoms with Gasteiger partial charge in [0.1, 0.15) is 6.04 Å². The van der Waals surface area contributed by atoms with E-state index in [-0.39, 0.29) is 23.0 Å². The Hall–Kier alpha value is -3.46. The van der Waals surface area contributed by atoms with E-state index in [2.05, 4.69) is 15.7 Å². The van der Waals surface area contributed by atoms with Crippen LogP contribution in [-0.2, 0) is 18.9 Å². The molecule has 3 heterocycles. The number of carbonyl (C=O) groups is 1. The summed E-state index contributed by atoms with van der Waals surface area (Å²) in [4.78, 5) is 42.5. The fourth-order valence-corrected chi connectivity index (χ4v) is 4.38. The van der Waals surface area contributed by atoms with Gasteiger partial charge in [-0.05, 0) is 46.0 Å². The molecule has 0 saturated heterocycles. The summed E-state index contributed by atoms with van der Waals surface area (Å²) in [5.41, 5.74) is 2.42. The fraction of sp³-hybridized carbons (Fsp3) is 0.273. The molecule has 0 bridgehead atoms. The van der Waals surface area contributed by atoms with Crippen LogP contribution in [0.5, 0.6) is 0 Å². The molecule has 3 aromatic heterocycles. The maximum absolute atomic E-state index is 13.2. The van der Waals surface area contributed by atoms with Crippen molar-refractivity contribution in [3.63, 3.8) is 0 Å². The minimum absolute atomic E-state index is 0.121. The van der Waals surface area contributed by atoms with Crippen LogP contribution in [0, 0.1) is 5.92 Å². The Balaban J connectivity index is 1.69. The normalized spacial score (nSPS) is 12.4. The second-order valence-corrected chi connectivity index (χ2v) is 8.58. The zero-order valence-corrected chi connectivity index (χ0v) is 18.5. The Kier molecular flexibility index (Phi) is 5.36. The molecule has 0 spiro atoms. The first kappa shape index (κ1) is 20.8. The third-order valence-electron chi connectivity index (χ3n) is 5.38. The summed E-state index contributed by atoms with van der Waals surface area (Å²) < 4.78 is 3.90. The van der Waals surface area contributed by atoms with Gasteiger partial charge < -0.3 is 9.88 Å². The Morgan fingerprint density at radius 3 is 2.35 bits per heavy atom. The minimum atomic E-state index is -0.674. The van der Waals surface area contributed by atoms with Crippen LogP contribution in [0.3, 0.4) is 0 Å². The lowest BCUT2D eigenvalue weighted by Gasteiger charge is -2.22. The number of benzene rings is 1. The average Bonchev–Trinajstić information content (AvgIpc) is 3.42. The number of amides is 1. The first-order chi connectivity index (χ1) is 14.8. The van der Waals surface area contributed by atoms with Gasteiger partial charge in [0.2, 0.25) is 5.91 Å². The summed E-state index contributed by atoms with van der Waals surface area (Å²) in [6, 6.07) is 9.01. The molecule has 0 aliphatic rings. The monoisotopic (exact) mass is 437 g/mol. The highest BCUT2D eigenvalue weighted by atomic mass is 32.1. The number of carbonyl (C=O) groups excluding carboxylic acids is 1. The quantitative estimate of drug-likeness (QED) is 0.520. The summed E-state index contributed by atoms with van der Waals surface area (Å²) >= 11 is 1.63. The summed E-state index contributed by atoms with van der Waals surface area (Å²) in [5.74, 6) is -0.377. The van der Waals surface area contributed by atoms with Crippen LogP contribution in [-0.4, -0.2) is 24.6 Å². The number of hydrogen-bond donors (Lipinski definition) is 1. The SMILES string of the molecule is CC(C)C(C(=O)Nc1ccc(-c2ccsc2)cc1)n1cnc2c1c(=O)n(C)c(=O)n2C. The second kappa shape index (κ2) is 7.99. The molecule has 1 N–H and O–H groups in total. The summed E-state index contributed by atoms with van der Waals surface area (Å²) in [6.45, 7) is 3.81. The van der Waals surface area contributed by atoms with E-state index in [0.29, 0.717) is 5.69 Å². The van der Waals surface area contributed by atoms with Crippen molar-refractivity contribution in [3.05, 3.63) is 68.3 Å². The van der Waals surface area contributed by atoms with E-state index in [1.165, 1.54) is 17.9 Å². The zero-order chi connectivity index (χ0) is 22.3. The van der Waals surface area contributed by atoms with Gasteiger partial charge in [0, 0.05) is 19.8 Å². The first-order valence-corrected chi connectivity index (χ1v) is 10.8. The number of rotatable bonds is 5. The van der Waals surface area contributed by atoms with Gasteiger partial charge in [-0.1, -0.05) is 26.0 Å². The third kappa shape index (κ3) is 3.61. The van der Waals surface area contributed by atoms with Crippen LogP contribution >= 0.6 is 11.3 Å². The minimum Gasteiger partial charge on any atom is -0.324 e. The highest BCUT2D eigenvalue weighted by molar-refractivity contribution is 7.08. The van der Waals surface area contributed by atoms with Crippen molar-refractivity contribution in [2.45, 2.75) is 19.9 Å². The van der Waals surface area contributed by atoms with Crippen LogP contribution < -0.4 is 16.6 Å². The largest absolute Gasteiger partial charge is 0.332 e. The topological polar surface area (TPSA) is 90.9 Å². The maximum Gasteiger partial charge on any atom is 0.332 e. The number of fused-ring (bicyclic) bond motifs is 1. The highest BCUT2D eigenvalue weighted by Gasteiger charge is 2.28. The standard InChI is InChI=1S/C22H23N5O3S/c1-13(2)17(27-12-23-19-18(27)21(29)26(4)22(30)25(19)3)20(28)24-16-7-5-14(6-8-16)15-9-10-31-11-15/h5-13,17H,1-4H3,(H,24,28). The molecule has 1 amide bonds. The van der Waals surface area contributed by atoms with Crippen molar-refractivity contribution in [1.82, 2.24) is 18.7 Å². The van der Waals surface area contributed by atoms with E-state index in [1.54, 1.807) is 23.0 Å². The molecule has 8 nitrogen and oxygen atoms in total. The van der Waals surface area contributed by atoms with E-state index < -0.39 is 17.3 Å². The Labute approximate surface area is 182 Å². The molecular formula is C22H23N5O3S. The van der Waals surface area contributed by atoms with Gasteiger partial charge >= 0.3 is 5.69 Å². The predicted molar refractivity (Wildman–Crippen MR) is 122 cm³/mol. The molecule has 0 aliphatic heterocycles. The molecule has 1 unspecified atom stereocenters. The van der Waals surface area contributed by atoms with Crippen molar-refractivity contribution in [3.8, 4) is 11.1 Å². The van der Waals surface area contributed by atoms with Crippen LogP contribution in [0.1, 0.15) is 19.9 Å². The molecule has 1 aromatic carbocycles. The van der Waals surface area contributed by atoms with Crippen molar-refractivity contribution in [1.29, 1.82) is 0 Å². The van der Waals surface area contributed by atoms with E-state index >= 15 is 0 Å². The Morgan fingerprint density at radius 1 is 1.03 bits per heavy atom. The number of hydrogen-bond acceptors (Lipinski definition) is 5. The molecule has 0 saturated carbocycles. The number of aryl methyl sites for hydroxylation is 1. The van der Waals surface area contributed by atoms with Crippen molar-refractivity contribution in [2.75, 3.05) is 5.32 Å².